The summed E-state index contributed by atoms with van der Waals surface area (Å²) in [6, 6.07) is 5.05. The standard InChI is InChI=1S/C8H10BF3NS/c1-6-2-3-8(7(13)4-6)14-5-9(10,11)12/h2-4H,5,13H2,1H3/q-1. The molecule has 14 heavy (non-hydrogen) atoms. The molecule has 0 bridgehead atoms. The van der Waals surface area contributed by atoms with Crippen molar-refractivity contribution < 1.29 is 12.9 Å². The molecule has 0 aromatic heterocycles. The average molecular weight is 220 g/mol. The molecule has 0 atom stereocenters. The van der Waals surface area contributed by atoms with Crippen molar-refractivity contribution in [2.24, 2.45) is 0 Å². The van der Waals surface area contributed by atoms with Crippen molar-refractivity contribution in [3.05, 3.63) is 23.8 Å². The van der Waals surface area contributed by atoms with Crippen molar-refractivity contribution in [3.63, 3.8) is 0 Å². The molecule has 0 saturated carbocycles. The van der Waals surface area contributed by atoms with Gasteiger partial charge in [0.25, 0.3) is 0 Å². The lowest BCUT2D eigenvalue weighted by atomic mass is 9.98. The first-order chi connectivity index (χ1) is 6.38. The number of anilines is 1. The van der Waals surface area contributed by atoms with Crippen molar-refractivity contribution in [2.45, 2.75) is 11.8 Å². The fourth-order valence-electron chi connectivity index (χ4n) is 0.984. The molecule has 0 fully saturated rings. The van der Waals surface area contributed by atoms with Gasteiger partial charge < -0.3 is 18.7 Å². The van der Waals surface area contributed by atoms with Crippen LogP contribution in [-0.4, -0.2) is 12.6 Å². The number of benzene rings is 1. The van der Waals surface area contributed by atoms with Crippen LogP contribution < -0.4 is 5.73 Å². The van der Waals surface area contributed by atoms with Gasteiger partial charge in [-0.1, -0.05) is 6.07 Å². The fraction of sp³-hybridized carbons (Fsp3) is 0.250. The number of hydrogen-bond acceptors (Lipinski definition) is 2. The summed E-state index contributed by atoms with van der Waals surface area (Å²) in [7, 11) is 0. The molecule has 1 aromatic rings. The maximum Gasteiger partial charge on any atom is 0.488 e. The van der Waals surface area contributed by atoms with Gasteiger partial charge in [-0.25, -0.2) is 0 Å². The van der Waals surface area contributed by atoms with E-state index < -0.39 is 12.6 Å². The molecule has 1 rings (SSSR count). The number of thioether (sulfide) groups is 1. The smallest absolute Gasteiger partial charge is 0.448 e. The maximum absolute atomic E-state index is 12.0. The topological polar surface area (TPSA) is 26.0 Å². The van der Waals surface area contributed by atoms with Crippen molar-refractivity contribution in [3.8, 4) is 0 Å². The Morgan fingerprint density at radius 3 is 2.50 bits per heavy atom. The highest BCUT2D eigenvalue weighted by atomic mass is 32.2. The summed E-state index contributed by atoms with van der Waals surface area (Å²) in [4.78, 5) is 0.495. The average Bonchev–Trinajstić information content (AvgIpc) is 2.00. The molecule has 1 aromatic carbocycles. The summed E-state index contributed by atoms with van der Waals surface area (Å²) in [6.07, 6.45) is 0. The monoisotopic (exact) mass is 220 g/mol. The number of halogens is 3. The van der Waals surface area contributed by atoms with E-state index in [4.69, 9.17) is 5.73 Å². The first kappa shape index (κ1) is 11.3. The van der Waals surface area contributed by atoms with Crippen LogP contribution in [0.25, 0.3) is 0 Å². The van der Waals surface area contributed by atoms with E-state index in [2.05, 4.69) is 0 Å². The lowest BCUT2D eigenvalue weighted by molar-refractivity contribution is 0.485. The van der Waals surface area contributed by atoms with Gasteiger partial charge in [0.2, 0.25) is 0 Å². The second-order valence-electron chi connectivity index (χ2n) is 3.06. The van der Waals surface area contributed by atoms with Crippen LogP contribution in [0.3, 0.4) is 0 Å². The molecule has 0 heterocycles. The highest BCUT2D eigenvalue weighted by Crippen LogP contribution is 2.29. The van der Waals surface area contributed by atoms with Crippen LogP contribution in [0.4, 0.5) is 18.6 Å². The number of rotatable bonds is 3. The van der Waals surface area contributed by atoms with Gasteiger partial charge in [-0.2, -0.15) is 11.8 Å². The van der Waals surface area contributed by atoms with Crippen LogP contribution in [0.5, 0.6) is 0 Å². The largest absolute Gasteiger partial charge is 0.488 e. The van der Waals surface area contributed by atoms with Gasteiger partial charge in [-0.05, 0) is 30.3 Å². The van der Waals surface area contributed by atoms with Crippen LogP contribution in [0, 0.1) is 6.92 Å². The predicted molar refractivity (Wildman–Crippen MR) is 55.4 cm³/mol. The Morgan fingerprint density at radius 1 is 1.36 bits per heavy atom. The molecule has 0 aliphatic carbocycles. The molecule has 0 radical (unpaired) electrons. The molecule has 0 spiro atoms. The van der Waals surface area contributed by atoms with Gasteiger partial charge in [-0.3, -0.25) is 0 Å². The molecular weight excluding hydrogens is 210 g/mol. The summed E-state index contributed by atoms with van der Waals surface area (Å²) in [5.74, 6) is 0. The Bertz CT molecular complexity index is 327. The predicted octanol–water partition coefficient (Wildman–Crippen LogP) is 3.06. The highest BCUT2D eigenvalue weighted by Gasteiger charge is 2.23. The highest BCUT2D eigenvalue weighted by molar-refractivity contribution is 8.00. The van der Waals surface area contributed by atoms with Crippen molar-refractivity contribution in [1.82, 2.24) is 0 Å². The SMILES string of the molecule is Cc1ccc(SC[B-](F)(F)F)c(N)c1. The summed E-state index contributed by atoms with van der Waals surface area (Å²) < 4.78 is 35.9. The third-order valence-electron chi connectivity index (χ3n) is 1.59. The molecule has 6 heteroatoms. The van der Waals surface area contributed by atoms with E-state index in [9.17, 15) is 12.9 Å². The number of aryl methyl sites for hydroxylation is 1. The van der Waals surface area contributed by atoms with Crippen LogP contribution in [-0.2, 0) is 0 Å². The van der Waals surface area contributed by atoms with Gasteiger partial charge in [0.05, 0.1) is 0 Å². The van der Waals surface area contributed by atoms with Crippen molar-refractivity contribution >= 4 is 24.4 Å². The number of nitrogen functional groups attached to an aromatic ring is 1. The number of nitrogens with two attached hydrogens (primary N) is 1. The van der Waals surface area contributed by atoms with E-state index in [0.717, 1.165) is 17.3 Å². The molecule has 78 valence electrons. The lowest BCUT2D eigenvalue weighted by Crippen LogP contribution is -2.19. The molecule has 1 nitrogen and oxygen atoms in total. The minimum Gasteiger partial charge on any atom is -0.448 e. The Balaban J connectivity index is 2.68. The first-order valence-corrected chi connectivity index (χ1v) is 5.07. The zero-order valence-corrected chi connectivity index (χ0v) is 8.45. The Labute approximate surface area is 84.9 Å². The van der Waals surface area contributed by atoms with E-state index in [1.807, 2.05) is 6.92 Å². The quantitative estimate of drug-likeness (QED) is 0.481. The lowest BCUT2D eigenvalue weighted by Gasteiger charge is -2.13. The molecule has 0 saturated heterocycles. The van der Waals surface area contributed by atoms with Gasteiger partial charge in [0.15, 0.2) is 0 Å². The van der Waals surface area contributed by atoms with Crippen LogP contribution in [0.1, 0.15) is 5.56 Å². The first-order valence-electron chi connectivity index (χ1n) is 4.08. The Hall–Kier alpha value is -0.775. The van der Waals surface area contributed by atoms with Crippen molar-refractivity contribution in [1.29, 1.82) is 0 Å². The molecule has 2 N–H and O–H groups in total. The van der Waals surface area contributed by atoms with E-state index in [-0.39, 0.29) is 0 Å². The summed E-state index contributed by atoms with van der Waals surface area (Å²) in [5, 5.41) is 0. The van der Waals surface area contributed by atoms with Crippen LogP contribution in [0.15, 0.2) is 23.1 Å². The third-order valence-corrected chi connectivity index (χ3v) is 2.82. The minimum absolute atomic E-state index is 0.412. The molecule has 0 unspecified atom stereocenters. The van der Waals surface area contributed by atoms with E-state index >= 15 is 0 Å². The molecule has 0 aliphatic rings. The molecular formula is C8H10BF3NS-. The fourth-order valence-corrected chi connectivity index (χ4v) is 1.74. The van der Waals surface area contributed by atoms with Crippen molar-refractivity contribution in [2.75, 3.05) is 11.4 Å². The zero-order valence-electron chi connectivity index (χ0n) is 7.64. The summed E-state index contributed by atoms with van der Waals surface area (Å²) >= 11 is 0.740. The summed E-state index contributed by atoms with van der Waals surface area (Å²) in [5.41, 5.74) is 6.09. The normalized spacial score (nSPS) is 11.7. The number of hydrogen-bond donors (Lipinski definition) is 1. The zero-order chi connectivity index (χ0) is 10.8. The Morgan fingerprint density at radius 2 is 2.00 bits per heavy atom. The molecule has 0 aliphatic heterocycles. The third kappa shape index (κ3) is 3.53. The Kier molecular flexibility index (Phi) is 3.36. The second kappa shape index (κ2) is 4.17. The summed E-state index contributed by atoms with van der Waals surface area (Å²) in [6.45, 7) is -2.90. The second-order valence-corrected chi connectivity index (χ2v) is 4.12. The van der Waals surface area contributed by atoms with Gasteiger partial charge in [0.1, 0.15) is 0 Å². The minimum atomic E-state index is -4.74. The van der Waals surface area contributed by atoms with Gasteiger partial charge >= 0.3 is 6.98 Å². The van der Waals surface area contributed by atoms with E-state index in [1.165, 1.54) is 0 Å². The molecule has 0 amide bonds. The van der Waals surface area contributed by atoms with E-state index in [1.54, 1.807) is 18.2 Å². The van der Waals surface area contributed by atoms with Gasteiger partial charge in [-0.15, -0.1) is 0 Å². The maximum atomic E-state index is 12.0. The van der Waals surface area contributed by atoms with E-state index in [0.29, 0.717) is 10.6 Å². The van der Waals surface area contributed by atoms with Gasteiger partial charge in [0, 0.05) is 10.6 Å². The van der Waals surface area contributed by atoms with Crippen LogP contribution in [0.2, 0.25) is 0 Å². The van der Waals surface area contributed by atoms with Crippen LogP contribution >= 0.6 is 11.8 Å².